The molecule has 0 aliphatic rings. The molecule has 158 valence electrons. The van der Waals surface area contributed by atoms with Crippen molar-refractivity contribution < 1.29 is 23.7 Å². The van der Waals surface area contributed by atoms with E-state index in [0.717, 1.165) is 12.2 Å². The largest absolute Gasteiger partial charge is 0.497 e. The van der Waals surface area contributed by atoms with Crippen LogP contribution in [0.15, 0.2) is 60.5 Å². The summed E-state index contributed by atoms with van der Waals surface area (Å²) >= 11 is 1.64. The summed E-state index contributed by atoms with van der Waals surface area (Å²) in [4.78, 5) is 12.2. The number of methoxy groups -OCH3 is 1. The molecule has 0 unspecified atom stereocenters. The van der Waals surface area contributed by atoms with Gasteiger partial charge >= 0.3 is 5.97 Å². The highest BCUT2D eigenvalue weighted by molar-refractivity contribution is 8.02. The lowest BCUT2D eigenvalue weighted by atomic mass is 10.2. The molecule has 2 rings (SSSR count). The van der Waals surface area contributed by atoms with Crippen LogP contribution in [-0.2, 0) is 4.74 Å². The van der Waals surface area contributed by atoms with Crippen molar-refractivity contribution in [1.82, 2.24) is 0 Å². The molecule has 0 heterocycles. The Balaban J connectivity index is 0.00000204. The number of hydrogen-bond acceptors (Lipinski definition) is 6. The van der Waals surface area contributed by atoms with E-state index >= 15 is 0 Å². The predicted molar refractivity (Wildman–Crippen MR) is 119 cm³/mol. The third kappa shape index (κ3) is 10.1. The number of benzene rings is 2. The van der Waals surface area contributed by atoms with Gasteiger partial charge in [0, 0.05) is 18.8 Å². The van der Waals surface area contributed by atoms with Crippen molar-refractivity contribution in [2.24, 2.45) is 0 Å². The van der Waals surface area contributed by atoms with Gasteiger partial charge in [0.05, 0.1) is 25.9 Å². The van der Waals surface area contributed by atoms with Crippen LogP contribution in [-0.4, -0.2) is 38.7 Å². The minimum absolute atomic E-state index is 0.419. The third-order valence-corrected chi connectivity index (χ3v) is 4.16. The Bertz CT molecular complexity index is 698. The highest BCUT2D eigenvalue weighted by Gasteiger charge is 2.09. The summed E-state index contributed by atoms with van der Waals surface area (Å²) in [5, 5.41) is 1.81. The fourth-order valence-electron chi connectivity index (χ4n) is 2.14. The molecule has 6 heteroatoms. The zero-order valence-electron chi connectivity index (χ0n) is 17.4. The van der Waals surface area contributed by atoms with Gasteiger partial charge in [-0.15, -0.1) is 11.8 Å². The summed E-state index contributed by atoms with van der Waals surface area (Å²) in [6.45, 7) is 9.57. The number of esters is 1. The molecule has 2 aromatic carbocycles. The molecule has 0 fully saturated rings. The Hall–Kier alpha value is -2.44. The van der Waals surface area contributed by atoms with Gasteiger partial charge < -0.3 is 18.9 Å². The van der Waals surface area contributed by atoms with E-state index in [1.54, 1.807) is 67.4 Å². The molecule has 5 nitrogen and oxygen atoms in total. The quantitative estimate of drug-likeness (QED) is 0.254. The SMILES string of the molecule is C=CSCCOCCCOc1ccc(C(=O)Oc2ccc(OC)cc2)cc1.CC. The number of rotatable bonds is 12. The Kier molecular flexibility index (Phi) is 13.1. The lowest BCUT2D eigenvalue weighted by molar-refractivity contribution is 0.0734. The van der Waals surface area contributed by atoms with Crippen LogP contribution in [0, 0.1) is 0 Å². The van der Waals surface area contributed by atoms with E-state index < -0.39 is 5.97 Å². The summed E-state index contributed by atoms with van der Waals surface area (Å²) < 4.78 is 21.5. The number of carbonyl (C=O) groups is 1. The van der Waals surface area contributed by atoms with E-state index in [9.17, 15) is 4.79 Å². The van der Waals surface area contributed by atoms with E-state index in [4.69, 9.17) is 18.9 Å². The van der Waals surface area contributed by atoms with Crippen molar-refractivity contribution in [3.8, 4) is 17.2 Å². The average Bonchev–Trinajstić information content (AvgIpc) is 2.78. The first-order valence-electron chi connectivity index (χ1n) is 9.62. The van der Waals surface area contributed by atoms with Gasteiger partial charge in [0.1, 0.15) is 17.2 Å². The summed E-state index contributed by atoms with van der Waals surface area (Å²) in [7, 11) is 1.58. The van der Waals surface area contributed by atoms with Crippen LogP contribution in [0.4, 0.5) is 0 Å². The normalized spacial score (nSPS) is 9.76. The summed E-state index contributed by atoms with van der Waals surface area (Å²) in [5.41, 5.74) is 0.459. The van der Waals surface area contributed by atoms with Crippen LogP contribution in [0.1, 0.15) is 30.6 Å². The molecule has 0 aromatic heterocycles. The second kappa shape index (κ2) is 15.5. The molecule has 0 aliphatic carbocycles. The van der Waals surface area contributed by atoms with E-state index in [1.165, 1.54) is 0 Å². The van der Waals surface area contributed by atoms with Gasteiger partial charge in [0.25, 0.3) is 0 Å². The molecule has 0 aliphatic heterocycles. The maximum atomic E-state index is 12.2. The highest BCUT2D eigenvalue weighted by Crippen LogP contribution is 2.19. The lowest BCUT2D eigenvalue weighted by Gasteiger charge is -2.08. The first kappa shape index (κ1) is 24.6. The molecule has 0 bridgehead atoms. The Morgan fingerprint density at radius 2 is 1.55 bits per heavy atom. The fraction of sp³-hybridized carbons (Fsp3) is 0.348. The van der Waals surface area contributed by atoms with Gasteiger partial charge in [0.2, 0.25) is 0 Å². The Morgan fingerprint density at radius 1 is 0.931 bits per heavy atom. The van der Waals surface area contributed by atoms with Crippen LogP contribution in [0.5, 0.6) is 17.2 Å². The van der Waals surface area contributed by atoms with Crippen molar-refractivity contribution in [1.29, 1.82) is 0 Å². The first-order chi connectivity index (χ1) is 14.2. The molecular formula is C23H30O5S. The maximum Gasteiger partial charge on any atom is 0.343 e. The van der Waals surface area contributed by atoms with Crippen molar-refractivity contribution in [3.05, 3.63) is 66.1 Å². The first-order valence-corrected chi connectivity index (χ1v) is 10.7. The van der Waals surface area contributed by atoms with Gasteiger partial charge in [-0.05, 0) is 53.9 Å². The predicted octanol–water partition coefficient (Wildman–Crippen LogP) is 5.60. The van der Waals surface area contributed by atoms with Crippen molar-refractivity contribution in [2.75, 3.05) is 32.7 Å². The van der Waals surface area contributed by atoms with Gasteiger partial charge in [-0.25, -0.2) is 4.79 Å². The number of thioether (sulfide) groups is 1. The molecule has 0 N–H and O–H groups in total. The smallest absolute Gasteiger partial charge is 0.343 e. The second-order valence-electron chi connectivity index (χ2n) is 5.44. The van der Waals surface area contributed by atoms with Gasteiger partial charge in [-0.3, -0.25) is 0 Å². The molecule has 0 amide bonds. The minimum atomic E-state index is -0.419. The van der Waals surface area contributed by atoms with Crippen LogP contribution >= 0.6 is 11.8 Å². The summed E-state index contributed by atoms with van der Waals surface area (Å²) in [5.74, 6) is 2.37. The Labute approximate surface area is 178 Å². The average molecular weight is 419 g/mol. The molecule has 2 aromatic rings. The number of hydrogen-bond donors (Lipinski definition) is 0. The topological polar surface area (TPSA) is 54.0 Å². The number of ether oxygens (including phenoxy) is 4. The molecular weight excluding hydrogens is 388 g/mol. The van der Waals surface area contributed by atoms with Crippen molar-refractivity contribution in [3.63, 3.8) is 0 Å². The van der Waals surface area contributed by atoms with E-state index in [1.807, 2.05) is 19.3 Å². The van der Waals surface area contributed by atoms with Gasteiger partial charge in [-0.2, -0.15) is 0 Å². The summed E-state index contributed by atoms with van der Waals surface area (Å²) in [6.07, 6.45) is 0.806. The van der Waals surface area contributed by atoms with Crippen molar-refractivity contribution >= 4 is 17.7 Å². The molecule has 0 radical (unpaired) electrons. The zero-order chi connectivity index (χ0) is 21.3. The monoisotopic (exact) mass is 418 g/mol. The zero-order valence-corrected chi connectivity index (χ0v) is 18.2. The number of carbonyl (C=O) groups excluding carboxylic acids is 1. The third-order valence-electron chi connectivity index (χ3n) is 3.53. The molecule has 0 atom stereocenters. The molecule has 0 saturated carbocycles. The van der Waals surface area contributed by atoms with E-state index in [2.05, 4.69) is 6.58 Å². The summed E-state index contributed by atoms with van der Waals surface area (Å²) in [6, 6.07) is 13.7. The fourth-order valence-corrected chi connectivity index (χ4v) is 2.52. The standard InChI is InChI=1S/C21H24O5S.C2H6/c1-3-27-16-15-24-13-4-14-25-19-7-5-17(6-8-19)21(22)26-20-11-9-18(23-2)10-12-20;1-2/h3,5-12H,1,4,13-16H2,2H3;1-2H3. The van der Waals surface area contributed by atoms with Gasteiger partial charge in [-0.1, -0.05) is 20.4 Å². The van der Waals surface area contributed by atoms with Crippen molar-refractivity contribution in [2.45, 2.75) is 20.3 Å². The van der Waals surface area contributed by atoms with E-state index in [0.29, 0.717) is 42.6 Å². The van der Waals surface area contributed by atoms with Gasteiger partial charge in [0.15, 0.2) is 0 Å². The van der Waals surface area contributed by atoms with Crippen LogP contribution < -0.4 is 14.2 Å². The molecule has 29 heavy (non-hydrogen) atoms. The minimum Gasteiger partial charge on any atom is -0.497 e. The highest BCUT2D eigenvalue weighted by atomic mass is 32.2. The lowest BCUT2D eigenvalue weighted by Crippen LogP contribution is -2.08. The molecule has 0 spiro atoms. The Morgan fingerprint density at radius 3 is 2.17 bits per heavy atom. The van der Waals surface area contributed by atoms with Crippen LogP contribution in [0.3, 0.4) is 0 Å². The van der Waals surface area contributed by atoms with Crippen LogP contribution in [0.25, 0.3) is 0 Å². The van der Waals surface area contributed by atoms with Crippen LogP contribution in [0.2, 0.25) is 0 Å². The second-order valence-corrected chi connectivity index (χ2v) is 6.52. The van der Waals surface area contributed by atoms with E-state index in [-0.39, 0.29) is 0 Å². The maximum absolute atomic E-state index is 12.2. The molecule has 0 saturated heterocycles.